The Hall–Kier alpha value is -0.410. The summed E-state index contributed by atoms with van der Waals surface area (Å²) in [6, 6.07) is 4.20. The van der Waals surface area contributed by atoms with Crippen LogP contribution in [0.4, 0.5) is 0 Å². The van der Waals surface area contributed by atoms with Gasteiger partial charge < -0.3 is 5.48 Å². The van der Waals surface area contributed by atoms with Crippen LogP contribution in [0.25, 0.3) is 0 Å². The van der Waals surface area contributed by atoms with Gasteiger partial charge in [-0.2, -0.15) is 0 Å². The van der Waals surface area contributed by atoms with Crippen molar-refractivity contribution in [3.63, 3.8) is 0 Å². The Morgan fingerprint density at radius 3 is 2.00 bits per heavy atom. The largest absolute Gasteiger partial charge is 0.412 e. The van der Waals surface area contributed by atoms with Gasteiger partial charge in [0.1, 0.15) is 4.60 Å². The third-order valence-electron chi connectivity index (χ3n) is 3.64. The standard InChI is InChI=1S/C17H28BrN.H2O/c1-2-3-4-5-6-7-8-9-10-11-13-16-14-12-15-19-17(16)18;/h12,14-15H,2-11,13H2,1H3;1H2. The Morgan fingerprint density at radius 2 is 1.45 bits per heavy atom. The highest BCUT2D eigenvalue weighted by Gasteiger charge is 1.99. The second-order valence-electron chi connectivity index (χ2n) is 5.39. The molecule has 0 atom stereocenters. The first-order chi connectivity index (χ1) is 9.34. The lowest BCUT2D eigenvalue weighted by Crippen LogP contribution is -1.89. The van der Waals surface area contributed by atoms with Crippen LogP contribution < -0.4 is 0 Å². The first-order valence-corrected chi connectivity index (χ1v) is 8.73. The molecule has 0 saturated heterocycles. The van der Waals surface area contributed by atoms with Crippen LogP contribution in [-0.4, -0.2) is 10.5 Å². The molecule has 0 aliphatic carbocycles. The van der Waals surface area contributed by atoms with Crippen LogP contribution >= 0.6 is 15.9 Å². The molecule has 2 N–H and O–H groups in total. The predicted octanol–water partition coefficient (Wildman–Crippen LogP) is 5.48. The summed E-state index contributed by atoms with van der Waals surface area (Å²) in [5, 5.41) is 0. The molecule has 0 bridgehead atoms. The average Bonchev–Trinajstić information content (AvgIpc) is 2.43. The van der Waals surface area contributed by atoms with Gasteiger partial charge in [-0.05, 0) is 40.4 Å². The summed E-state index contributed by atoms with van der Waals surface area (Å²) in [6.07, 6.45) is 17.0. The first kappa shape index (κ1) is 19.6. The van der Waals surface area contributed by atoms with Crippen molar-refractivity contribution in [2.24, 2.45) is 0 Å². The van der Waals surface area contributed by atoms with Gasteiger partial charge in [0.25, 0.3) is 0 Å². The van der Waals surface area contributed by atoms with Gasteiger partial charge in [0.05, 0.1) is 0 Å². The first-order valence-electron chi connectivity index (χ1n) is 7.94. The van der Waals surface area contributed by atoms with Crippen molar-refractivity contribution in [2.75, 3.05) is 0 Å². The zero-order chi connectivity index (χ0) is 13.8. The highest BCUT2D eigenvalue weighted by atomic mass is 79.9. The molecular weight excluding hydrogens is 314 g/mol. The molecule has 0 fully saturated rings. The number of unbranched alkanes of at least 4 members (excludes halogenated alkanes) is 9. The van der Waals surface area contributed by atoms with Crippen LogP contribution in [0.1, 0.15) is 76.7 Å². The number of hydrogen-bond donors (Lipinski definition) is 0. The monoisotopic (exact) mass is 343 g/mol. The summed E-state index contributed by atoms with van der Waals surface area (Å²) in [4.78, 5) is 4.26. The Morgan fingerprint density at radius 1 is 0.900 bits per heavy atom. The van der Waals surface area contributed by atoms with Crippen molar-refractivity contribution < 1.29 is 5.48 Å². The lowest BCUT2D eigenvalue weighted by Gasteiger charge is -2.04. The maximum absolute atomic E-state index is 4.26. The zero-order valence-electron chi connectivity index (χ0n) is 12.8. The third kappa shape index (κ3) is 9.49. The van der Waals surface area contributed by atoms with Gasteiger partial charge >= 0.3 is 0 Å². The fourth-order valence-corrected chi connectivity index (χ4v) is 2.86. The van der Waals surface area contributed by atoms with Crippen LogP contribution in [0, 0.1) is 0 Å². The molecule has 0 aromatic carbocycles. The Labute approximate surface area is 132 Å². The summed E-state index contributed by atoms with van der Waals surface area (Å²) >= 11 is 3.51. The van der Waals surface area contributed by atoms with E-state index in [4.69, 9.17) is 0 Å². The van der Waals surface area contributed by atoms with Gasteiger partial charge in [0, 0.05) is 6.20 Å². The molecule has 0 radical (unpaired) electrons. The predicted molar refractivity (Wildman–Crippen MR) is 91.1 cm³/mol. The SMILES string of the molecule is CCCCCCCCCCCCc1cccnc1Br.O. The molecule has 0 aliphatic heterocycles. The fourth-order valence-electron chi connectivity index (χ4n) is 2.41. The average molecular weight is 344 g/mol. The van der Waals surface area contributed by atoms with Crippen molar-refractivity contribution >= 4 is 15.9 Å². The minimum atomic E-state index is 0. The van der Waals surface area contributed by atoms with E-state index >= 15 is 0 Å². The highest BCUT2D eigenvalue weighted by molar-refractivity contribution is 9.10. The molecule has 2 nitrogen and oxygen atoms in total. The second-order valence-corrected chi connectivity index (χ2v) is 6.14. The highest BCUT2D eigenvalue weighted by Crippen LogP contribution is 2.16. The molecule has 20 heavy (non-hydrogen) atoms. The molecule has 1 aromatic heterocycles. The van der Waals surface area contributed by atoms with Gasteiger partial charge in [-0.25, -0.2) is 4.98 Å². The smallest absolute Gasteiger partial charge is 0.109 e. The molecule has 0 aliphatic rings. The molecule has 1 rings (SSSR count). The van der Waals surface area contributed by atoms with Gasteiger partial charge in [0.2, 0.25) is 0 Å². The summed E-state index contributed by atoms with van der Waals surface area (Å²) in [5.41, 5.74) is 1.35. The molecule has 0 saturated carbocycles. The second kappa shape index (κ2) is 13.6. The van der Waals surface area contributed by atoms with Gasteiger partial charge in [-0.3, -0.25) is 0 Å². The van der Waals surface area contributed by atoms with Crippen LogP contribution in [0.2, 0.25) is 0 Å². The molecule has 0 amide bonds. The topological polar surface area (TPSA) is 44.4 Å². The minimum Gasteiger partial charge on any atom is -0.412 e. The van der Waals surface area contributed by atoms with E-state index in [1.807, 2.05) is 12.3 Å². The summed E-state index contributed by atoms with van der Waals surface area (Å²) < 4.78 is 1.02. The fraction of sp³-hybridized carbons (Fsp3) is 0.706. The minimum absolute atomic E-state index is 0. The zero-order valence-corrected chi connectivity index (χ0v) is 14.4. The van der Waals surface area contributed by atoms with Crippen LogP contribution in [0.5, 0.6) is 0 Å². The quantitative estimate of drug-likeness (QED) is 0.387. The van der Waals surface area contributed by atoms with E-state index in [0.29, 0.717) is 0 Å². The van der Waals surface area contributed by atoms with Crippen molar-refractivity contribution in [1.82, 2.24) is 4.98 Å². The van der Waals surface area contributed by atoms with Gasteiger partial charge in [0.15, 0.2) is 0 Å². The lowest BCUT2D eigenvalue weighted by atomic mass is 10.0. The lowest BCUT2D eigenvalue weighted by molar-refractivity contribution is 0.556. The van der Waals surface area contributed by atoms with E-state index in [-0.39, 0.29) is 5.48 Å². The third-order valence-corrected chi connectivity index (χ3v) is 4.35. The van der Waals surface area contributed by atoms with Crippen LogP contribution in [0.3, 0.4) is 0 Å². The molecule has 1 heterocycles. The molecule has 0 spiro atoms. The maximum atomic E-state index is 4.26. The van der Waals surface area contributed by atoms with Crippen LogP contribution in [-0.2, 0) is 6.42 Å². The van der Waals surface area contributed by atoms with Gasteiger partial charge in [-0.1, -0.05) is 70.8 Å². The van der Waals surface area contributed by atoms with E-state index in [9.17, 15) is 0 Å². The summed E-state index contributed by atoms with van der Waals surface area (Å²) in [6.45, 7) is 2.28. The number of rotatable bonds is 11. The summed E-state index contributed by atoms with van der Waals surface area (Å²) in [5.74, 6) is 0. The number of pyridine rings is 1. The van der Waals surface area contributed by atoms with Crippen molar-refractivity contribution in [2.45, 2.75) is 77.6 Å². The molecule has 1 aromatic rings. The molecule has 0 unspecified atom stereocenters. The van der Waals surface area contributed by atoms with E-state index in [1.54, 1.807) is 0 Å². The number of halogens is 1. The van der Waals surface area contributed by atoms with E-state index < -0.39 is 0 Å². The number of aryl methyl sites for hydroxylation is 1. The van der Waals surface area contributed by atoms with Crippen molar-refractivity contribution in [1.29, 1.82) is 0 Å². The van der Waals surface area contributed by atoms with Crippen molar-refractivity contribution in [3.05, 3.63) is 28.5 Å². The number of hydrogen-bond acceptors (Lipinski definition) is 1. The van der Waals surface area contributed by atoms with Crippen LogP contribution in [0.15, 0.2) is 22.9 Å². The Bertz CT molecular complexity index is 331. The number of nitrogens with zero attached hydrogens (tertiary/aromatic N) is 1. The number of aromatic nitrogens is 1. The van der Waals surface area contributed by atoms with Gasteiger partial charge in [-0.15, -0.1) is 0 Å². The molecular formula is C17H30BrNO. The normalized spacial score (nSPS) is 10.3. The van der Waals surface area contributed by atoms with E-state index in [0.717, 1.165) is 11.0 Å². The van der Waals surface area contributed by atoms with E-state index in [1.165, 1.54) is 69.8 Å². The van der Waals surface area contributed by atoms with Crippen molar-refractivity contribution in [3.8, 4) is 0 Å². The maximum Gasteiger partial charge on any atom is 0.109 e. The molecule has 116 valence electrons. The Kier molecular flexibility index (Phi) is 13.3. The van der Waals surface area contributed by atoms with E-state index in [2.05, 4.69) is 33.9 Å². The molecule has 3 heteroatoms. The summed E-state index contributed by atoms with van der Waals surface area (Å²) in [7, 11) is 0. The Balaban J connectivity index is 0.00000361.